The Morgan fingerprint density at radius 3 is 1.72 bits per heavy atom. The van der Waals surface area contributed by atoms with Crippen LogP contribution in [0.25, 0.3) is 11.9 Å². The first-order valence-corrected chi connectivity index (χ1v) is 29.4. The van der Waals surface area contributed by atoms with Crippen LogP contribution >= 0.6 is 31.9 Å². The fraction of sp³-hybridized carbons (Fsp3) is 0.327. The summed E-state index contributed by atoms with van der Waals surface area (Å²) >= 11 is 6.15. The molecule has 3 atom stereocenters. The molecule has 452 valence electrons. The van der Waals surface area contributed by atoms with Gasteiger partial charge in [0, 0.05) is 52.6 Å². The standard InChI is InChI=1S/C18H16BrF3N4O2S.C17H23F2N3O5S.C14H7BrF7NO2S/c1-18(9-29(27,28)26(2)17(23)25-18)12-5-10(7-14(21)16(12)22)6-13(20)15-4-3-11(19)8-24-15;1-16(2,3)27-15(23)20-14-21-17(4,9-28(24,25)22(14)5)11-7-10(26-6)8-12(18)13(11)19;15-9-1-2-11(23-6-9)12(16)26(24,25)10-4-7(13(17,18)19)3-8(5-10)14(20,21)22/h3-8H,9H2,1-2H3,(H2,23,25);7-8H,9H2,1-6H3,(H,20,21,23);1-6,12H/b13-6-;;/t18-;17-;/m00./s1. The van der Waals surface area contributed by atoms with Crippen molar-refractivity contribution < 1.29 is 92.2 Å². The summed E-state index contributed by atoms with van der Waals surface area (Å²) in [6.45, 7) is 7.55. The van der Waals surface area contributed by atoms with E-state index in [1.807, 2.05) is 0 Å². The molecule has 0 bridgehead atoms. The van der Waals surface area contributed by atoms with Gasteiger partial charge in [-0.2, -0.15) is 26.3 Å². The highest BCUT2D eigenvalue weighted by Crippen LogP contribution is 2.41. The zero-order chi connectivity index (χ0) is 63.0. The number of rotatable bonds is 8. The molecule has 3 aromatic carbocycles. The lowest BCUT2D eigenvalue weighted by Gasteiger charge is -2.36. The zero-order valence-electron chi connectivity index (χ0n) is 44.0. The van der Waals surface area contributed by atoms with Gasteiger partial charge in [0.15, 0.2) is 23.3 Å². The first-order chi connectivity index (χ1) is 37.8. The van der Waals surface area contributed by atoms with E-state index >= 15 is 0 Å². The van der Waals surface area contributed by atoms with Crippen LogP contribution in [0.15, 0.2) is 103 Å². The summed E-state index contributed by atoms with van der Waals surface area (Å²) in [4.78, 5) is 26.2. The molecule has 0 radical (unpaired) electrons. The van der Waals surface area contributed by atoms with Gasteiger partial charge < -0.3 is 15.2 Å². The molecule has 0 spiro atoms. The van der Waals surface area contributed by atoms with E-state index in [0.717, 1.165) is 45.1 Å². The number of nitrogens with two attached hydrogens (primary N) is 1. The van der Waals surface area contributed by atoms with Crippen molar-refractivity contribution in [2.45, 2.75) is 74.0 Å². The van der Waals surface area contributed by atoms with E-state index in [9.17, 15) is 82.7 Å². The summed E-state index contributed by atoms with van der Waals surface area (Å²) in [7, 11) is -9.44. The maximum Gasteiger partial charge on any atom is 0.416 e. The van der Waals surface area contributed by atoms with Gasteiger partial charge in [0.05, 0.1) is 46.0 Å². The fourth-order valence-electron chi connectivity index (χ4n) is 7.43. The van der Waals surface area contributed by atoms with Crippen LogP contribution in [0.4, 0.5) is 57.5 Å². The fourth-order valence-corrected chi connectivity index (χ4v) is 12.1. The lowest BCUT2D eigenvalue weighted by molar-refractivity contribution is -0.143. The van der Waals surface area contributed by atoms with E-state index in [0.29, 0.717) is 8.95 Å². The third-order valence-corrected chi connectivity index (χ3v) is 18.1. The molecular weight excluding hydrogens is 1330 g/mol. The Balaban J connectivity index is 0.000000228. The number of nitrogens with one attached hydrogen (secondary N) is 1. The second kappa shape index (κ2) is 24.6. The van der Waals surface area contributed by atoms with Gasteiger partial charge in [-0.25, -0.2) is 75.0 Å². The van der Waals surface area contributed by atoms with Crippen molar-refractivity contribution in [3.05, 3.63) is 151 Å². The predicted molar refractivity (Wildman–Crippen MR) is 286 cm³/mol. The van der Waals surface area contributed by atoms with Gasteiger partial charge in [0.1, 0.15) is 28.3 Å². The van der Waals surface area contributed by atoms with Gasteiger partial charge in [0.2, 0.25) is 47.3 Å². The van der Waals surface area contributed by atoms with Crippen LogP contribution in [0.3, 0.4) is 0 Å². The first-order valence-electron chi connectivity index (χ1n) is 23.0. The predicted octanol–water partition coefficient (Wildman–Crippen LogP) is 11.1. The minimum Gasteiger partial charge on any atom is -0.497 e. The van der Waals surface area contributed by atoms with E-state index in [1.54, 1.807) is 26.8 Å². The van der Waals surface area contributed by atoms with E-state index in [4.69, 9.17) is 15.2 Å². The number of aliphatic imine (C=N–C) groups is 2. The summed E-state index contributed by atoms with van der Waals surface area (Å²) in [6.07, 6.45) is -8.05. The molecule has 4 heterocycles. The molecule has 2 aliphatic rings. The highest BCUT2D eigenvalue weighted by molar-refractivity contribution is 9.10. The van der Waals surface area contributed by atoms with Crippen LogP contribution in [0, 0.1) is 23.3 Å². The van der Waals surface area contributed by atoms with E-state index in [2.05, 4.69) is 57.1 Å². The van der Waals surface area contributed by atoms with Gasteiger partial charge in [-0.1, -0.05) is 0 Å². The summed E-state index contributed by atoms with van der Waals surface area (Å²) in [6, 6.07) is 8.77. The number of sulfonamides is 2. The average Bonchev–Trinajstić information content (AvgIpc) is 3.07. The number of halogens is 14. The van der Waals surface area contributed by atoms with Crippen molar-refractivity contribution in [3.8, 4) is 5.75 Å². The van der Waals surface area contributed by atoms with Gasteiger partial charge >= 0.3 is 18.4 Å². The number of hydrogen-bond donors (Lipinski definition) is 2. The number of pyridine rings is 2. The summed E-state index contributed by atoms with van der Waals surface area (Å²) in [5.74, 6) is -7.76. The molecule has 34 heteroatoms. The number of ether oxygens (including phenoxy) is 2. The van der Waals surface area contributed by atoms with Crippen molar-refractivity contribution in [1.29, 1.82) is 0 Å². The Kier molecular flexibility index (Phi) is 19.9. The minimum absolute atomic E-state index is 0.00306. The summed E-state index contributed by atoms with van der Waals surface area (Å²) in [5.41, 5.74) is -6.60. The molecule has 1 amide bonds. The average molecular weight is 1370 g/mol. The van der Waals surface area contributed by atoms with Crippen LogP contribution in [-0.2, 0) is 58.1 Å². The van der Waals surface area contributed by atoms with Gasteiger partial charge in [-0.15, -0.1) is 0 Å². The van der Waals surface area contributed by atoms with E-state index < -0.39 is 133 Å². The molecule has 83 heavy (non-hydrogen) atoms. The number of amides is 1. The third kappa shape index (κ3) is 16.2. The first kappa shape index (κ1) is 67.3. The number of hydrogen-bond acceptors (Lipinski definition) is 14. The van der Waals surface area contributed by atoms with Crippen LogP contribution in [-0.4, -0.2) is 100 Å². The number of guanidine groups is 2. The number of alkyl halides is 7. The molecule has 2 aliphatic heterocycles. The third-order valence-electron chi connectivity index (χ3n) is 11.6. The van der Waals surface area contributed by atoms with E-state index in [-0.39, 0.29) is 58.3 Å². The number of methoxy groups -OCH3 is 1. The molecule has 3 N–H and O–H groups in total. The summed E-state index contributed by atoms with van der Waals surface area (Å²) in [5, 5.41) is 2.26. The molecule has 5 aromatic rings. The smallest absolute Gasteiger partial charge is 0.416 e. The van der Waals surface area contributed by atoms with Gasteiger partial charge in [-0.3, -0.25) is 15.3 Å². The molecular formula is C49H46Br2F12N8O9S3. The molecule has 1 unspecified atom stereocenters. The lowest BCUT2D eigenvalue weighted by atomic mass is 9.92. The van der Waals surface area contributed by atoms with Crippen LogP contribution in [0.1, 0.15) is 79.3 Å². The molecule has 7 rings (SSSR count). The number of nitrogens with zero attached hydrogens (tertiary/aromatic N) is 6. The van der Waals surface area contributed by atoms with Crippen molar-refractivity contribution in [2.75, 3.05) is 32.7 Å². The van der Waals surface area contributed by atoms with Crippen molar-refractivity contribution in [2.24, 2.45) is 15.7 Å². The van der Waals surface area contributed by atoms with Crippen LogP contribution < -0.4 is 15.8 Å². The Morgan fingerprint density at radius 1 is 0.759 bits per heavy atom. The Labute approximate surface area is 484 Å². The molecule has 17 nitrogen and oxygen atoms in total. The summed E-state index contributed by atoms with van der Waals surface area (Å²) < 4.78 is 250. The normalized spacial score (nSPS) is 19.4. The highest BCUT2D eigenvalue weighted by atomic mass is 79.9. The highest BCUT2D eigenvalue weighted by Gasteiger charge is 2.46. The number of benzene rings is 3. The number of aromatic nitrogens is 2. The minimum atomic E-state index is -5.26. The number of carbonyl (C=O) groups is 1. The van der Waals surface area contributed by atoms with Gasteiger partial charge in [-0.05, 0) is 139 Å². The number of sulfone groups is 1. The van der Waals surface area contributed by atoms with Crippen LogP contribution in [0.2, 0.25) is 0 Å². The molecule has 2 aromatic heterocycles. The van der Waals surface area contributed by atoms with Gasteiger partial charge in [0.25, 0.3) is 0 Å². The Hall–Kier alpha value is -6.52. The molecule has 0 saturated carbocycles. The van der Waals surface area contributed by atoms with Crippen molar-refractivity contribution in [1.82, 2.24) is 23.9 Å². The molecule has 0 fully saturated rings. The second-order valence-electron chi connectivity index (χ2n) is 19.2. The SMILES string of the molecule is CN1C(N)=N[C@](C)(c2cc(/C=C(\F)c3ccc(Br)cn3)cc(F)c2F)CS1(=O)=O.COc1cc(F)c(F)c([C@]2(C)CS(=O)(=O)N(C)C(NC(=O)OC(C)(C)C)=N2)c1.O=S(=O)(c1cc(C(F)(F)F)cc(C(F)(F)F)c1)C(F)c1ccc(Br)cn1. The van der Waals surface area contributed by atoms with Crippen molar-refractivity contribution >= 4 is 91.7 Å². The Morgan fingerprint density at radius 2 is 1.25 bits per heavy atom. The Bertz CT molecular complexity index is 3710. The zero-order valence-corrected chi connectivity index (χ0v) is 49.6. The largest absolute Gasteiger partial charge is 0.497 e. The molecule has 0 saturated heterocycles. The molecule has 0 aliphatic carbocycles. The number of alkyl carbamates (subject to hydrolysis) is 1. The maximum atomic E-state index is 14.6. The topological polar surface area (TPSA) is 233 Å². The van der Waals surface area contributed by atoms with Crippen LogP contribution in [0.5, 0.6) is 5.75 Å². The monoisotopic (exact) mass is 1370 g/mol. The second-order valence-corrected chi connectivity index (χ2v) is 27.0. The quantitative estimate of drug-likeness (QED) is 0.138. The lowest BCUT2D eigenvalue weighted by Crippen LogP contribution is -2.54. The van der Waals surface area contributed by atoms with Crippen molar-refractivity contribution in [3.63, 3.8) is 0 Å². The maximum absolute atomic E-state index is 14.6. The van der Waals surface area contributed by atoms with E-state index in [1.165, 1.54) is 59.4 Å². The number of carbonyl (C=O) groups excluding carboxylic acids is 1.